The lowest BCUT2D eigenvalue weighted by molar-refractivity contribution is -0.121. The van der Waals surface area contributed by atoms with Crippen molar-refractivity contribution < 1.29 is 9.53 Å². The Kier molecular flexibility index (Phi) is 7.08. The Morgan fingerprint density at radius 1 is 0.939 bits per heavy atom. The van der Waals surface area contributed by atoms with Gasteiger partial charge >= 0.3 is 0 Å². The van der Waals surface area contributed by atoms with Gasteiger partial charge in [0.2, 0.25) is 5.91 Å². The van der Waals surface area contributed by atoms with Crippen LogP contribution in [0.4, 0.5) is 0 Å². The number of fused-ring (bicyclic) bond motifs is 1. The van der Waals surface area contributed by atoms with Crippen molar-refractivity contribution in [1.82, 2.24) is 14.9 Å². The molecule has 1 N–H and O–H groups in total. The fourth-order valence-electron chi connectivity index (χ4n) is 4.00. The first kappa shape index (κ1) is 22.6. The van der Waals surface area contributed by atoms with Gasteiger partial charge in [0.1, 0.15) is 18.2 Å². The van der Waals surface area contributed by atoms with Gasteiger partial charge in [0.15, 0.2) is 0 Å². The van der Waals surface area contributed by atoms with E-state index >= 15 is 0 Å². The zero-order chi connectivity index (χ0) is 23.2. The molecule has 0 aliphatic carbocycles. The van der Waals surface area contributed by atoms with Crippen molar-refractivity contribution in [2.75, 3.05) is 6.61 Å². The van der Waals surface area contributed by atoms with Crippen molar-refractivity contribution in [3.8, 4) is 5.75 Å². The lowest BCUT2D eigenvalue weighted by atomic mass is 10.0. The zero-order valence-electron chi connectivity index (χ0n) is 19.5. The first-order chi connectivity index (χ1) is 16.0. The lowest BCUT2D eigenvalue weighted by Gasteiger charge is -2.17. The molecule has 0 radical (unpaired) electrons. The molecule has 5 nitrogen and oxygen atoms in total. The Morgan fingerprint density at radius 2 is 1.64 bits per heavy atom. The summed E-state index contributed by atoms with van der Waals surface area (Å²) in [7, 11) is 0. The largest absolute Gasteiger partial charge is 0.492 e. The average Bonchev–Trinajstić information content (AvgIpc) is 3.19. The smallest absolute Gasteiger partial charge is 0.224 e. The molecular formula is C28H31N3O2. The second-order valence-electron chi connectivity index (χ2n) is 8.63. The number of benzene rings is 3. The van der Waals surface area contributed by atoms with E-state index in [1.54, 1.807) is 0 Å². The van der Waals surface area contributed by atoms with Gasteiger partial charge in [-0.25, -0.2) is 4.98 Å². The van der Waals surface area contributed by atoms with Gasteiger partial charge in [-0.1, -0.05) is 68.4 Å². The van der Waals surface area contributed by atoms with Crippen LogP contribution in [0.2, 0.25) is 0 Å². The van der Waals surface area contributed by atoms with Gasteiger partial charge in [-0.2, -0.15) is 0 Å². The lowest BCUT2D eigenvalue weighted by Crippen LogP contribution is -2.30. The van der Waals surface area contributed by atoms with E-state index in [1.165, 1.54) is 5.56 Å². The Hall–Kier alpha value is -3.60. The third kappa shape index (κ3) is 5.61. The summed E-state index contributed by atoms with van der Waals surface area (Å²) in [4.78, 5) is 17.4. The number of carbonyl (C=O) groups excluding carboxylic acids is 1. The van der Waals surface area contributed by atoms with Gasteiger partial charge in [-0.05, 0) is 48.2 Å². The third-order valence-electron chi connectivity index (χ3n) is 5.79. The highest BCUT2D eigenvalue weighted by molar-refractivity contribution is 5.79. The summed E-state index contributed by atoms with van der Waals surface area (Å²) < 4.78 is 8.17. The summed E-state index contributed by atoms with van der Waals surface area (Å²) in [6, 6.07) is 25.9. The molecule has 0 saturated carbocycles. The van der Waals surface area contributed by atoms with Crippen molar-refractivity contribution in [3.05, 3.63) is 95.8 Å². The molecule has 0 spiro atoms. The number of nitrogens with zero attached hydrogens (tertiary/aromatic N) is 2. The number of ether oxygens (including phenoxy) is 1. The number of para-hydroxylation sites is 2. The second-order valence-corrected chi connectivity index (χ2v) is 8.63. The molecule has 4 rings (SSSR count). The van der Waals surface area contributed by atoms with Crippen LogP contribution in [0.15, 0.2) is 78.9 Å². The van der Waals surface area contributed by atoms with Crippen LogP contribution in [0.1, 0.15) is 49.7 Å². The molecule has 0 bridgehead atoms. The summed E-state index contributed by atoms with van der Waals surface area (Å²) in [6.45, 7) is 7.49. The normalized spacial score (nSPS) is 12.1. The van der Waals surface area contributed by atoms with Crippen molar-refractivity contribution >= 4 is 16.9 Å². The number of hydrogen-bond acceptors (Lipinski definition) is 3. The van der Waals surface area contributed by atoms with Gasteiger partial charge < -0.3 is 14.6 Å². The fourth-order valence-corrected chi connectivity index (χ4v) is 4.00. The number of carbonyl (C=O) groups is 1. The van der Waals surface area contributed by atoms with E-state index < -0.39 is 0 Å². The molecule has 1 aromatic heterocycles. The summed E-state index contributed by atoms with van der Waals surface area (Å²) in [5, 5.41) is 3.11. The van der Waals surface area contributed by atoms with E-state index in [0.29, 0.717) is 25.5 Å². The highest BCUT2D eigenvalue weighted by atomic mass is 16.5. The highest BCUT2D eigenvalue weighted by Crippen LogP contribution is 2.22. The molecule has 170 valence electrons. The van der Waals surface area contributed by atoms with Gasteiger partial charge in [0.05, 0.1) is 30.0 Å². The Morgan fingerprint density at radius 3 is 2.36 bits per heavy atom. The number of nitrogens with one attached hydrogen (secondary N) is 1. The summed E-state index contributed by atoms with van der Waals surface area (Å²) in [5.74, 6) is 2.16. The predicted octanol–water partition coefficient (Wildman–Crippen LogP) is 5.66. The first-order valence-electron chi connectivity index (χ1n) is 11.5. The van der Waals surface area contributed by atoms with Crippen LogP contribution in [-0.4, -0.2) is 22.1 Å². The van der Waals surface area contributed by atoms with E-state index in [-0.39, 0.29) is 11.9 Å². The first-order valence-corrected chi connectivity index (χ1v) is 11.5. The van der Waals surface area contributed by atoms with E-state index in [4.69, 9.17) is 9.72 Å². The number of amides is 1. The van der Waals surface area contributed by atoms with E-state index in [9.17, 15) is 4.79 Å². The quantitative estimate of drug-likeness (QED) is 0.365. The zero-order valence-corrected chi connectivity index (χ0v) is 19.5. The second kappa shape index (κ2) is 10.3. The van der Waals surface area contributed by atoms with Crippen LogP contribution in [0.5, 0.6) is 5.75 Å². The van der Waals surface area contributed by atoms with Crippen LogP contribution in [-0.2, 0) is 17.8 Å². The summed E-state index contributed by atoms with van der Waals surface area (Å²) >= 11 is 0. The van der Waals surface area contributed by atoms with Crippen LogP contribution in [0, 0.1) is 0 Å². The SMILES string of the molecule is CC(C)c1ccc(OCCn2c(C(C)NC(=O)Cc3ccccc3)nc3ccccc32)cc1. The van der Waals surface area contributed by atoms with Gasteiger partial charge in [0, 0.05) is 0 Å². The number of rotatable bonds is 9. The Labute approximate surface area is 195 Å². The Balaban J connectivity index is 1.46. The predicted molar refractivity (Wildman–Crippen MR) is 132 cm³/mol. The van der Waals surface area contributed by atoms with Crippen molar-refractivity contribution in [2.24, 2.45) is 0 Å². The molecule has 0 aliphatic rings. The molecular weight excluding hydrogens is 410 g/mol. The standard InChI is InChI=1S/C28H31N3O2/c1-20(2)23-13-15-24(16-14-23)33-18-17-31-26-12-8-7-11-25(26)30-28(31)21(3)29-27(32)19-22-9-5-4-6-10-22/h4-16,20-21H,17-19H2,1-3H3,(H,29,32). The van der Waals surface area contributed by atoms with Crippen LogP contribution in [0.3, 0.4) is 0 Å². The van der Waals surface area contributed by atoms with E-state index in [0.717, 1.165) is 28.2 Å². The van der Waals surface area contributed by atoms with Crippen molar-refractivity contribution in [2.45, 2.75) is 45.7 Å². The van der Waals surface area contributed by atoms with Gasteiger partial charge in [-0.3, -0.25) is 4.79 Å². The maximum absolute atomic E-state index is 12.6. The summed E-state index contributed by atoms with van der Waals surface area (Å²) in [5.41, 5.74) is 4.24. The molecule has 3 aromatic carbocycles. The Bertz CT molecular complexity index is 1200. The molecule has 1 amide bonds. The molecule has 1 unspecified atom stereocenters. The minimum Gasteiger partial charge on any atom is -0.492 e. The topological polar surface area (TPSA) is 56.1 Å². The minimum absolute atomic E-state index is 0.0196. The van der Waals surface area contributed by atoms with Crippen molar-refractivity contribution in [1.29, 1.82) is 0 Å². The third-order valence-corrected chi connectivity index (χ3v) is 5.79. The molecule has 1 heterocycles. The molecule has 0 aliphatic heterocycles. The fraction of sp³-hybridized carbons (Fsp3) is 0.286. The van der Waals surface area contributed by atoms with E-state index in [2.05, 4.69) is 41.9 Å². The molecule has 33 heavy (non-hydrogen) atoms. The minimum atomic E-state index is -0.223. The molecule has 4 aromatic rings. The highest BCUT2D eigenvalue weighted by Gasteiger charge is 2.18. The molecule has 1 atom stereocenters. The molecule has 5 heteroatoms. The van der Waals surface area contributed by atoms with Gasteiger partial charge in [-0.15, -0.1) is 0 Å². The monoisotopic (exact) mass is 441 g/mol. The van der Waals surface area contributed by atoms with Crippen LogP contribution >= 0.6 is 0 Å². The maximum atomic E-state index is 12.6. The van der Waals surface area contributed by atoms with Crippen LogP contribution in [0.25, 0.3) is 11.0 Å². The van der Waals surface area contributed by atoms with E-state index in [1.807, 2.05) is 67.6 Å². The van der Waals surface area contributed by atoms with Gasteiger partial charge in [0.25, 0.3) is 0 Å². The van der Waals surface area contributed by atoms with Crippen molar-refractivity contribution in [3.63, 3.8) is 0 Å². The molecule has 0 fully saturated rings. The summed E-state index contributed by atoms with van der Waals surface area (Å²) in [6.07, 6.45) is 0.348. The average molecular weight is 442 g/mol. The maximum Gasteiger partial charge on any atom is 0.224 e. The number of imidazole rings is 1. The number of hydrogen-bond donors (Lipinski definition) is 1. The van der Waals surface area contributed by atoms with Crippen LogP contribution < -0.4 is 10.1 Å². The molecule has 0 saturated heterocycles. The number of aromatic nitrogens is 2.